The van der Waals surface area contributed by atoms with Crippen LogP contribution in [0.25, 0.3) is 0 Å². The van der Waals surface area contributed by atoms with E-state index in [0.29, 0.717) is 18.7 Å². The largest absolute Gasteiger partial charge is 0.469 e. The fourth-order valence-corrected chi connectivity index (χ4v) is 1.68. The van der Waals surface area contributed by atoms with Gasteiger partial charge >= 0.3 is 0 Å². The molecule has 0 saturated heterocycles. The number of carbonyl (C=O) groups excluding carboxylic acids is 1. The molecule has 0 aliphatic heterocycles. The first-order chi connectivity index (χ1) is 9.29. The summed E-state index contributed by atoms with van der Waals surface area (Å²) in [7, 11) is 0. The van der Waals surface area contributed by atoms with E-state index in [9.17, 15) is 4.79 Å². The van der Waals surface area contributed by atoms with Crippen molar-refractivity contribution in [2.75, 3.05) is 18.4 Å². The van der Waals surface area contributed by atoms with Gasteiger partial charge in [0.25, 0.3) is 5.91 Å². The van der Waals surface area contributed by atoms with Crippen LogP contribution in [0.4, 0.5) is 5.69 Å². The summed E-state index contributed by atoms with van der Waals surface area (Å²) in [6.07, 6.45) is 3.96. The summed E-state index contributed by atoms with van der Waals surface area (Å²) in [5, 5.41) is 5.94. The zero-order chi connectivity index (χ0) is 13.5. The van der Waals surface area contributed by atoms with Gasteiger partial charge in [-0.1, -0.05) is 0 Å². The molecule has 5 nitrogen and oxygen atoms in total. The molecule has 2 N–H and O–H groups in total. The van der Waals surface area contributed by atoms with Gasteiger partial charge in [0.1, 0.15) is 11.5 Å². The van der Waals surface area contributed by atoms with E-state index in [4.69, 9.17) is 4.42 Å². The van der Waals surface area contributed by atoms with Gasteiger partial charge in [-0.25, -0.2) is 4.98 Å². The van der Waals surface area contributed by atoms with Crippen LogP contribution >= 0.6 is 0 Å². The highest BCUT2D eigenvalue weighted by Crippen LogP contribution is 2.05. The van der Waals surface area contributed by atoms with Gasteiger partial charge in [-0.3, -0.25) is 4.79 Å². The maximum atomic E-state index is 11.8. The van der Waals surface area contributed by atoms with Crippen LogP contribution in [0.15, 0.2) is 41.1 Å². The molecule has 0 aliphatic rings. The molecule has 2 rings (SSSR count). The van der Waals surface area contributed by atoms with Crippen LogP contribution in [0.5, 0.6) is 0 Å². The lowest BCUT2D eigenvalue weighted by molar-refractivity contribution is 0.0949. The Morgan fingerprint density at radius 3 is 2.89 bits per heavy atom. The average Bonchev–Trinajstić information content (AvgIpc) is 2.93. The number of aromatic nitrogens is 1. The summed E-state index contributed by atoms with van der Waals surface area (Å²) >= 11 is 0. The maximum absolute atomic E-state index is 11.8. The highest BCUT2D eigenvalue weighted by molar-refractivity contribution is 5.92. The molecule has 0 aliphatic carbocycles. The summed E-state index contributed by atoms with van der Waals surface area (Å²) in [5.74, 6) is 0.686. The quantitative estimate of drug-likeness (QED) is 0.833. The molecule has 0 saturated carbocycles. The fraction of sp³-hybridized carbons (Fsp3) is 0.286. The third kappa shape index (κ3) is 3.84. The van der Waals surface area contributed by atoms with E-state index in [-0.39, 0.29) is 5.91 Å². The smallest absolute Gasteiger partial charge is 0.269 e. The van der Waals surface area contributed by atoms with Crippen molar-refractivity contribution in [1.82, 2.24) is 10.3 Å². The summed E-state index contributed by atoms with van der Waals surface area (Å²) in [4.78, 5) is 15.9. The lowest BCUT2D eigenvalue weighted by atomic mass is 10.3. The van der Waals surface area contributed by atoms with E-state index in [1.54, 1.807) is 18.5 Å². The summed E-state index contributed by atoms with van der Waals surface area (Å²) in [6, 6.07) is 7.27. The Kier molecular flexibility index (Phi) is 4.55. The summed E-state index contributed by atoms with van der Waals surface area (Å²) in [6.45, 7) is 3.37. The molecular weight excluding hydrogens is 242 g/mol. The Bertz CT molecular complexity index is 506. The predicted molar refractivity (Wildman–Crippen MR) is 73.1 cm³/mol. The Morgan fingerprint density at radius 2 is 2.26 bits per heavy atom. The molecule has 2 aromatic rings. The zero-order valence-electron chi connectivity index (χ0n) is 10.8. The minimum atomic E-state index is -0.172. The van der Waals surface area contributed by atoms with Gasteiger partial charge in [0, 0.05) is 19.5 Å². The van der Waals surface area contributed by atoms with Crippen LogP contribution in [-0.4, -0.2) is 24.0 Å². The molecule has 100 valence electrons. The molecule has 19 heavy (non-hydrogen) atoms. The van der Waals surface area contributed by atoms with Crippen molar-refractivity contribution >= 4 is 11.6 Å². The molecule has 2 aromatic heterocycles. The first kappa shape index (κ1) is 13.1. The van der Waals surface area contributed by atoms with Crippen molar-refractivity contribution in [3.05, 3.63) is 48.2 Å². The topological polar surface area (TPSA) is 67.2 Å². The Balaban J connectivity index is 1.82. The first-order valence-electron chi connectivity index (χ1n) is 6.30. The van der Waals surface area contributed by atoms with Gasteiger partial charge in [0.15, 0.2) is 0 Å². The fourth-order valence-electron chi connectivity index (χ4n) is 1.68. The van der Waals surface area contributed by atoms with Gasteiger partial charge in [-0.05, 0) is 31.2 Å². The molecule has 0 radical (unpaired) electrons. The number of amides is 1. The van der Waals surface area contributed by atoms with E-state index < -0.39 is 0 Å². The van der Waals surface area contributed by atoms with Crippen LogP contribution in [0, 0.1) is 0 Å². The van der Waals surface area contributed by atoms with Gasteiger partial charge in [0.2, 0.25) is 0 Å². The molecule has 5 heteroatoms. The number of hydrogen-bond donors (Lipinski definition) is 2. The number of hydrogen-bond acceptors (Lipinski definition) is 4. The molecule has 1 amide bonds. The van der Waals surface area contributed by atoms with E-state index in [2.05, 4.69) is 15.6 Å². The Hall–Kier alpha value is -2.30. The highest BCUT2D eigenvalue weighted by Gasteiger charge is 2.06. The number of carbonyl (C=O) groups is 1. The second-order valence-electron chi connectivity index (χ2n) is 4.05. The number of furan rings is 1. The van der Waals surface area contributed by atoms with Crippen LogP contribution in [0.3, 0.4) is 0 Å². The van der Waals surface area contributed by atoms with Gasteiger partial charge < -0.3 is 15.1 Å². The lowest BCUT2D eigenvalue weighted by Gasteiger charge is -2.05. The number of nitrogens with one attached hydrogen (secondary N) is 2. The number of nitrogens with zero attached hydrogens (tertiary/aromatic N) is 1. The molecule has 0 spiro atoms. The summed E-state index contributed by atoms with van der Waals surface area (Å²) < 4.78 is 5.19. The molecular formula is C14H17N3O2. The number of pyridine rings is 1. The van der Waals surface area contributed by atoms with Gasteiger partial charge in [-0.15, -0.1) is 0 Å². The Morgan fingerprint density at radius 1 is 1.37 bits per heavy atom. The molecule has 0 atom stereocenters. The third-order valence-corrected chi connectivity index (χ3v) is 2.61. The molecule has 0 unspecified atom stereocenters. The zero-order valence-corrected chi connectivity index (χ0v) is 10.8. The van der Waals surface area contributed by atoms with Gasteiger partial charge in [0.05, 0.1) is 18.1 Å². The van der Waals surface area contributed by atoms with Crippen molar-refractivity contribution in [2.45, 2.75) is 13.3 Å². The van der Waals surface area contributed by atoms with Crippen molar-refractivity contribution in [3.8, 4) is 0 Å². The van der Waals surface area contributed by atoms with Crippen molar-refractivity contribution < 1.29 is 9.21 Å². The van der Waals surface area contributed by atoms with Crippen molar-refractivity contribution in [3.63, 3.8) is 0 Å². The molecule has 2 heterocycles. The monoisotopic (exact) mass is 259 g/mol. The maximum Gasteiger partial charge on any atom is 0.269 e. The second kappa shape index (κ2) is 6.58. The minimum Gasteiger partial charge on any atom is -0.469 e. The summed E-state index contributed by atoms with van der Waals surface area (Å²) in [5.41, 5.74) is 1.33. The van der Waals surface area contributed by atoms with Crippen LogP contribution in [0.1, 0.15) is 23.2 Å². The second-order valence-corrected chi connectivity index (χ2v) is 4.05. The Labute approximate surface area is 112 Å². The first-order valence-corrected chi connectivity index (χ1v) is 6.30. The highest BCUT2D eigenvalue weighted by atomic mass is 16.3. The average molecular weight is 259 g/mol. The van der Waals surface area contributed by atoms with E-state index in [0.717, 1.165) is 18.0 Å². The standard InChI is InChI=1S/C14H17N3O2/c1-2-15-11-5-6-13(17-10-11)14(18)16-8-7-12-4-3-9-19-12/h3-6,9-10,15H,2,7-8H2,1H3,(H,16,18). The number of anilines is 1. The minimum absolute atomic E-state index is 0.172. The van der Waals surface area contributed by atoms with E-state index in [1.807, 2.05) is 25.1 Å². The number of rotatable bonds is 6. The predicted octanol–water partition coefficient (Wildman–Crippen LogP) is 2.08. The molecule has 0 aromatic carbocycles. The van der Waals surface area contributed by atoms with E-state index >= 15 is 0 Å². The van der Waals surface area contributed by atoms with Crippen molar-refractivity contribution in [2.24, 2.45) is 0 Å². The van der Waals surface area contributed by atoms with Crippen LogP contribution in [0.2, 0.25) is 0 Å². The third-order valence-electron chi connectivity index (χ3n) is 2.61. The van der Waals surface area contributed by atoms with Crippen LogP contribution in [-0.2, 0) is 6.42 Å². The van der Waals surface area contributed by atoms with Crippen molar-refractivity contribution in [1.29, 1.82) is 0 Å². The van der Waals surface area contributed by atoms with Crippen LogP contribution < -0.4 is 10.6 Å². The lowest BCUT2D eigenvalue weighted by Crippen LogP contribution is -2.26. The SMILES string of the molecule is CCNc1ccc(C(=O)NCCc2ccco2)nc1. The molecule has 0 bridgehead atoms. The van der Waals surface area contributed by atoms with Gasteiger partial charge in [-0.2, -0.15) is 0 Å². The normalized spacial score (nSPS) is 10.2. The molecule has 0 fully saturated rings. The van der Waals surface area contributed by atoms with E-state index in [1.165, 1.54) is 0 Å².